The number of benzene rings is 2. The fraction of sp³-hybridized carbons (Fsp3) is 0.188. The van der Waals surface area contributed by atoms with E-state index in [4.69, 9.17) is 17.3 Å². The lowest BCUT2D eigenvalue weighted by molar-refractivity contribution is 0.0993. The molecule has 0 aliphatic rings. The van der Waals surface area contributed by atoms with Crippen LogP contribution in [0, 0.1) is 13.8 Å². The van der Waals surface area contributed by atoms with Crippen molar-refractivity contribution in [1.82, 2.24) is 0 Å². The lowest BCUT2D eigenvalue weighted by Gasteiger charge is -2.20. The van der Waals surface area contributed by atoms with Crippen LogP contribution < -0.4 is 10.6 Å². The maximum atomic E-state index is 12.5. The number of carbonyl (C=O) groups excluding carboxylic acids is 1. The van der Waals surface area contributed by atoms with E-state index >= 15 is 0 Å². The molecule has 20 heavy (non-hydrogen) atoms. The molecule has 1 amide bonds. The van der Waals surface area contributed by atoms with Crippen molar-refractivity contribution < 1.29 is 4.79 Å². The van der Waals surface area contributed by atoms with Crippen LogP contribution in [0.1, 0.15) is 21.5 Å². The molecule has 0 atom stereocenters. The molecule has 2 aromatic carbocycles. The van der Waals surface area contributed by atoms with Gasteiger partial charge in [-0.05, 0) is 43.7 Å². The van der Waals surface area contributed by atoms with Crippen LogP contribution in [0.15, 0.2) is 36.4 Å². The maximum Gasteiger partial charge on any atom is 0.258 e. The number of nitrogen functional groups attached to an aromatic ring is 1. The van der Waals surface area contributed by atoms with E-state index in [1.165, 1.54) is 5.56 Å². The highest BCUT2D eigenvalue weighted by Gasteiger charge is 2.16. The van der Waals surface area contributed by atoms with Crippen molar-refractivity contribution in [3.8, 4) is 0 Å². The molecule has 0 fully saturated rings. The SMILES string of the molecule is Cc1ccc(N(C)C(=O)c2cc(N)cc(Cl)c2)c(C)c1. The molecule has 2 aromatic rings. The molecule has 2 N–H and O–H groups in total. The van der Waals surface area contributed by atoms with Crippen molar-refractivity contribution in [3.05, 3.63) is 58.1 Å². The monoisotopic (exact) mass is 288 g/mol. The minimum absolute atomic E-state index is 0.133. The molecule has 0 saturated heterocycles. The van der Waals surface area contributed by atoms with Gasteiger partial charge in [-0.2, -0.15) is 0 Å². The minimum Gasteiger partial charge on any atom is -0.399 e. The Kier molecular flexibility index (Phi) is 4.00. The van der Waals surface area contributed by atoms with Gasteiger partial charge in [-0.1, -0.05) is 29.3 Å². The largest absolute Gasteiger partial charge is 0.399 e. The summed E-state index contributed by atoms with van der Waals surface area (Å²) in [5, 5.41) is 0.461. The number of rotatable bonds is 2. The summed E-state index contributed by atoms with van der Waals surface area (Å²) in [4.78, 5) is 14.1. The fourth-order valence-electron chi connectivity index (χ4n) is 2.22. The molecule has 4 heteroatoms. The number of hydrogen-bond donors (Lipinski definition) is 1. The number of nitrogens with two attached hydrogens (primary N) is 1. The van der Waals surface area contributed by atoms with Gasteiger partial charge in [-0.3, -0.25) is 4.79 Å². The zero-order valence-corrected chi connectivity index (χ0v) is 12.5. The summed E-state index contributed by atoms with van der Waals surface area (Å²) < 4.78 is 0. The van der Waals surface area contributed by atoms with Crippen LogP contribution in [0.3, 0.4) is 0 Å². The molecule has 0 bridgehead atoms. The second-order valence-corrected chi connectivity index (χ2v) is 5.36. The number of amides is 1. The van der Waals surface area contributed by atoms with E-state index in [1.54, 1.807) is 30.1 Å². The zero-order valence-electron chi connectivity index (χ0n) is 11.8. The van der Waals surface area contributed by atoms with Gasteiger partial charge in [0.1, 0.15) is 0 Å². The van der Waals surface area contributed by atoms with Crippen molar-refractivity contribution in [2.45, 2.75) is 13.8 Å². The quantitative estimate of drug-likeness (QED) is 0.854. The van der Waals surface area contributed by atoms with Crippen LogP contribution in [-0.2, 0) is 0 Å². The third kappa shape index (κ3) is 2.94. The van der Waals surface area contributed by atoms with E-state index in [1.807, 2.05) is 32.0 Å². The standard InChI is InChI=1S/C16H17ClN2O/c1-10-4-5-15(11(2)6-10)19(3)16(20)12-7-13(17)9-14(18)8-12/h4-9H,18H2,1-3H3. The summed E-state index contributed by atoms with van der Waals surface area (Å²) >= 11 is 5.95. The van der Waals surface area contributed by atoms with Crippen molar-refractivity contribution in [3.63, 3.8) is 0 Å². The Morgan fingerprint density at radius 2 is 1.85 bits per heavy atom. The number of nitrogens with zero attached hydrogens (tertiary/aromatic N) is 1. The Labute approximate surface area is 124 Å². The second-order valence-electron chi connectivity index (χ2n) is 4.93. The molecule has 0 aliphatic carbocycles. The summed E-state index contributed by atoms with van der Waals surface area (Å²) in [6.07, 6.45) is 0. The highest BCUT2D eigenvalue weighted by Crippen LogP contribution is 2.23. The Bertz CT molecular complexity index is 647. The summed E-state index contributed by atoms with van der Waals surface area (Å²) in [7, 11) is 1.75. The number of halogens is 1. The first kappa shape index (κ1) is 14.4. The van der Waals surface area contributed by atoms with Gasteiger partial charge in [-0.15, -0.1) is 0 Å². The van der Waals surface area contributed by atoms with Gasteiger partial charge in [-0.25, -0.2) is 0 Å². The van der Waals surface area contributed by atoms with Crippen molar-refractivity contribution in [2.75, 3.05) is 17.7 Å². The number of carbonyl (C=O) groups is 1. The van der Waals surface area contributed by atoms with E-state index in [-0.39, 0.29) is 5.91 Å². The van der Waals surface area contributed by atoms with Gasteiger partial charge in [0.15, 0.2) is 0 Å². The third-order valence-corrected chi connectivity index (χ3v) is 3.40. The first-order valence-electron chi connectivity index (χ1n) is 6.30. The van der Waals surface area contributed by atoms with Gasteiger partial charge in [0, 0.05) is 29.0 Å². The van der Waals surface area contributed by atoms with Crippen LogP contribution in [0.25, 0.3) is 0 Å². The number of hydrogen-bond acceptors (Lipinski definition) is 2. The minimum atomic E-state index is -0.133. The average Bonchev–Trinajstić information content (AvgIpc) is 2.36. The second kappa shape index (κ2) is 5.55. The van der Waals surface area contributed by atoms with E-state index in [9.17, 15) is 4.79 Å². The molecular weight excluding hydrogens is 272 g/mol. The smallest absolute Gasteiger partial charge is 0.258 e. The summed E-state index contributed by atoms with van der Waals surface area (Å²) in [5.41, 5.74) is 9.79. The van der Waals surface area contributed by atoms with Crippen LogP contribution in [0.2, 0.25) is 5.02 Å². The molecule has 0 aliphatic heterocycles. The van der Waals surface area contributed by atoms with E-state index in [2.05, 4.69) is 0 Å². The summed E-state index contributed by atoms with van der Waals surface area (Å²) in [6, 6.07) is 10.9. The Morgan fingerprint density at radius 1 is 1.15 bits per heavy atom. The fourth-order valence-corrected chi connectivity index (χ4v) is 2.46. The van der Waals surface area contributed by atoms with Crippen LogP contribution in [-0.4, -0.2) is 13.0 Å². The van der Waals surface area contributed by atoms with E-state index < -0.39 is 0 Å². The maximum absolute atomic E-state index is 12.5. The molecule has 3 nitrogen and oxygen atoms in total. The zero-order chi connectivity index (χ0) is 14.9. The normalized spacial score (nSPS) is 10.4. The van der Waals surface area contributed by atoms with E-state index in [0.717, 1.165) is 11.3 Å². The number of aryl methyl sites for hydroxylation is 2. The van der Waals surface area contributed by atoms with Crippen LogP contribution in [0.5, 0.6) is 0 Å². The average molecular weight is 289 g/mol. The molecule has 0 saturated carbocycles. The molecule has 0 unspecified atom stereocenters. The van der Waals surface area contributed by atoms with Gasteiger partial charge in [0.25, 0.3) is 5.91 Å². The molecular formula is C16H17ClN2O. The highest BCUT2D eigenvalue weighted by atomic mass is 35.5. The Morgan fingerprint density at radius 3 is 2.45 bits per heavy atom. The van der Waals surface area contributed by atoms with Crippen molar-refractivity contribution >= 4 is 28.9 Å². The Hall–Kier alpha value is -2.00. The van der Waals surface area contributed by atoms with Gasteiger partial charge >= 0.3 is 0 Å². The van der Waals surface area contributed by atoms with E-state index in [0.29, 0.717) is 16.3 Å². The van der Waals surface area contributed by atoms with Crippen molar-refractivity contribution in [1.29, 1.82) is 0 Å². The summed E-state index contributed by atoms with van der Waals surface area (Å²) in [5.74, 6) is -0.133. The first-order valence-corrected chi connectivity index (χ1v) is 6.67. The van der Waals surface area contributed by atoms with Crippen LogP contribution >= 0.6 is 11.6 Å². The Balaban J connectivity index is 2.37. The predicted molar refractivity (Wildman–Crippen MR) is 84.5 cm³/mol. The molecule has 0 spiro atoms. The molecule has 0 radical (unpaired) electrons. The van der Waals surface area contributed by atoms with Crippen LogP contribution in [0.4, 0.5) is 11.4 Å². The van der Waals surface area contributed by atoms with Gasteiger partial charge in [0.2, 0.25) is 0 Å². The molecule has 2 rings (SSSR count). The third-order valence-electron chi connectivity index (χ3n) is 3.19. The lowest BCUT2D eigenvalue weighted by Crippen LogP contribution is -2.27. The number of anilines is 2. The highest BCUT2D eigenvalue weighted by molar-refractivity contribution is 6.31. The topological polar surface area (TPSA) is 46.3 Å². The van der Waals surface area contributed by atoms with Gasteiger partial charge < -0.3 is 10.6 Å². The molecule has 104 valence electrons. The van der Waals surface area contributed by atoms with Gasteiger partial charge in [0.05, 0.1) is 0 Å². The predicted octanol–water partition coefficient (Wildman–Crippen LogP) is 3.82. The molecule has 0 heterocycles. The first-order chi connectivity index (χ1) is 9.38. The lowest BCUT2D eigenvalue weighted by atomic mass is 10.1. The van der Waals surface area contributed by atoms with Crippen molar-refractivity contribution in [2.24, 2.45) is 0 Å². The molecule has 0 aromatic heterocycles. The summed E-state index contributed by atoms with van der Waals surface area (Å²) in [6.45, 7) is 4.01.